The maximum atomic E-state index is 11.3. The molecule has 58 valence electrons. The summed E-state index contributed by atoms with van der Waals surface area (Å²) >= 11 is 0. The maximum absolute atomic E-state index is 11.3. The zero-order chi connectivity index (χ0) is 8.04. The lowest BCUT2D eigenvalue weighted by atomic mass is 10.9. The molecule has 0 aromatic rings. The third-order valence-electron chi connectivity index (χ3n) is 1.33. The van der Waals surface area contributed by atoms with Gasteiger partial charge >= 0.3 is 0 Å². The van der Waals surface area contributed by atoms with Crippen molar-refractivity contribution in [3.05, 3.63) is 0 Å². The van der Waals surface area contributed by atoms with Crippen LogP contribution in [0, 0.1) is 11.3 Å². The Morgan fingerprint density at radius 1 is 1.50 bits per heavy atom. The van der Waals surface area contributed by atoms with Gasteiger partial charge in [-0.05, 0) is 0 Å². The van der Waals surface area contributed by atoms with E-state index in [-0.39, 0.29) is 6.61 Å². The fourth-order valence-electron chi connectivity index (χ4n) is 0.553. The van der Waals surface area contributed by atoms with Crippen LogP contribution in [0.1, 0.15) is 13.8 Å². The van der Waals surface area contributed by atoms with Crippen LogP contribution in [0.5, 0.6) is 0 Å². The van der Waals surface area contributed by atoms with Gasteiger partial charge in [-0.25, -0.2) is 0 Å². The van der Waals surface area contributed by atoms with Crippen LogP contribution in [0.4, 0.5) is 0 Å². The molecule has 0 aliphatic rings. The zero-order valence-electron chi connectivity index (χ0n) is 6.33. The summed E-state index contributed by atoms with van der Waals surface area (Å²) in [6, 6.07) is 1.80. The third-order valence-corrected chi connectivity index (χ3v) is 3.85. The minimum Gasteiger partial charge on any atom is -0.313 e. The van der Waals surface area contributed by atoms with Crippen molar-refractivity contribution in [2.75, 3.05) is 18.9 Å². The standard InChI is InChI=1S/C6H12NO2P/c1-3-10(8,4-2)9-6-5-7/h3-4,6H2,1-2H3. The number of nitrogens with zero attached hydrogens (tertiary/aromatic N) is 1. The highest BCUT2D eigenvalue weighted by Gasteiger charge is 2.16. The normalized spacial score (nSPS) is 10.9. The van der Waals surface area contributed by atoms with Gasteiger partial charge in [-0.2, -0.15) is 5.26 Å². The van der Waals surface area contributed by atoms with Gasteiger partial charge in [0.05, 0.1) is 6.07 Å². The molecule has 0 unspecified atom stereocenters. The summed E-state index contributed by atoms with van der Waals surface area (Å²) in [5.74, 6) is 0. The predicted molar refractivity (Wildman–Crippen MR) is 40.3 cm³/mol. The molecular formula is C6H12NO2P. The Balaban J connectivity index is 3.85. The maximum Gasteiger partial charge on any atom is 0.203 e. The van der Waals surface area contributed by atoms with Gasteiger partial charge in [0.25, 0.3) is 0 Å². The number of nitriles is 1. The quantitative estimate of drug-likeness (QED) is 0.591. The molecule has 0 saturated heterocycles. The van der Waals surface area contributed by atoms with Crippen LogP contribution in [0.25, 0.3) is 0 Å². The number of hydrogen-bond acceptors (Lipinski definition) is 3. The molecule has 0 aliphatic heterocycles. The second-order valence-electron chi connectivity index (χ2n) is 1.88. The lowest BCUT2D eigenvalue weighted by molar-refractivity contribution is 0.358. The molecule has 0 spiro atoms. The summed E-state index contributed by atoms with van der Waals surface area (Å²) in [5, 5.41) is 8.12. The Morgan fingerprint density at radius 3 is 2.30 bits per heavy atom. The Kier molecular flexibility index (Phi) is 4.34. The van der Waals surface area contributed by atoms with Gasteiger partial charge in [-0.15, -0.1) is 0 Å². The van der Waals surface area contributed by atoms with Crippen LogP contribution in [0.15, 0.2) is 0 Å². The van der Waals surface area contributed by atoms with Crippen molar-refractivity contribution in [2.24, 2.45) is 0 Å². The van der Waals surface area contributed by atoms with E-state index in [9.17, 15) is 4.57 Å². The fraction of sp³-hybridized carbons (Fsp3) is 0.833. The van der Waals surface area contributed by atoms with E-state index in [1.54, 1.807) is 6.07 Å². The topological polar surface area (TPSA) is 50.1 Å². The Labute approximate surface area is 61.4 Å². The van der Waals surface area contributed by atoms with Crippen molar-refractivity contribution in [3.63, 3.8) is 0 Å². The Morgan fingerprint density at radius 2 is 2.00 bits per heavy atom. The number of hydrogen-bond donors (Lipinski definition) is 0. The van der Waals surface area contributed by atoms with Gasteiger partial charge < -0.3 is 4.52 Å². The molecule has 0 aliphatic carbocycles. The highest BCUT2D eigenvalue weighted by molar-refractivity contribution is 7.58. The average molecular weight is 161 g/mol. The molecule has 0 saturated carbocycles. The van der Waals surface area contributed by atoms with Crippen LogP contribution < -0.4 is 0 Å². The van der Waals surface area contributed by atoms with Crippen molar-refractivity contribution in [1.82, 2.24) is 0 Å². The molecule has 3 nitrogen and oxygen atoms in total. The highest BCUT2D eigenvalue weighted by atomic mass is 31.2. The summed E-state index contributed by atoms with van der Waals surface area (Å²) in [6.45, 7) is 3.56. The highest BCUT2D eigenvalue weighted by Crippen LogP contribution is 2.45. The van der Waals surface area contributed by atoms with E-state index >= 15 is 0 Å². The van der Waals surface area contributed by atoms with Gasteiger partial charge in [0, 0.05) is 12.3 Å². The summed E-state index contributed by atoms with van der Waals surface area (Å²) in [4.78, 5) is 0. The van der Waals surface area contributed by atoms with E-state index < -0.39 is 7.37 Å². The lowest BCUT2D eigenvalue weighted by Crippen LogP contribution is -1.95. The molecule has 0 atom stereocenters. The first-order chi connectivity index (χ1) is 4.68. The summed E-state index contributed by atoms with van der Waals surface area (Å²) in [7, 11) is -2.42. The lowest BCUT2D eigenvalue weighted by Gasteiger charge is -2.11. The van der Waals surface area contributed by atoms with Crippen LogP contribution >= 0.6 is 7.37 Å². The van der Waals surface area contributed by atoms with Gasteiger partial charge in [-0.1, -0.05) is 13.8 Å². The monoisotopic (exact) mass is 161 g/mol. The smallest absolute Gasteiger partial charge is 0.203 e. The van der Waals surface area contributed by atoms with Crippen molar-refractivity contribution in [3.8, 4) is 6.07 Å². The minimum atomic E-state index is -2.42. The first-order valence-corrected chi connectivity index (χ1v) is 5.27. The minimum absolute atomic E-state index is 0.0566. The van der Waals surface area contributed by atoms with Crippen LogP contribution in [-0.2, 0) is 9.09 Å². The molecule has 0 radical (unpaired) electrons. The molecule has 0 amide bonds. The first-order valence-electron chi connectivity index (χ1n) is 3.28. The second-order valence-corrected chi connectivity index (χ2v) is 5.03. The van der Waals surface area contributed by atoms with Gasteiger partial charge in [0.2, 0.25) is 7.37 Å². The zero-order valence-corrected chi connectivity index (χ0v) is 7.23. The van der Waals surface area contributed by atoms with Crippen molar-refractivity contribution in [2.45, 2.75) is 13.8 Å². The second kappa shape index (κ2) is 4.49. The molecule has 0 bridgehead atoms. The molecule has 0 rings (SSSR count). The van der Waals surface area contributed by atoms with E-state index in [4.69, 9.17) is 9.79 Å². The average Bonchev–Trinajstić information content (AvgIpc) is 2.00. The van der Waals surface area contributed by atoms with E-state index in [1.807, 2.05) is 13.8 Å². The van der Waals surface area contributed by atoms with Gasteiger partial charge in [0.15, 0.2) is 0 Å². The van der Waals surface area contributed by atoms with E-state index in [1.165, 1.54) is 0 Å². The van der Waals surface area contributed by atoms with Gasteiger partial charge in [0.1, 0.15) is 6.61 Å². The molecule has 4 heteroatoms. The van der Waals surface area contributed by atoms with Crippen LogP contribution in [0.2, 0.25) is 0 Å². The first kappa shape index (κ1) is 9.68. The van der Waals surface area contributed by atoms with Crippen molar-refractivity contribution >= 4 is 7.37 Å². The molecule has 0 aromatic carbocycles. The van der Waals surface area contributed by atoms with Crippen molar-refractivity contribution < 1.29 is 9.09 Å². The van der Waals surface area contributed by atoms with E-state index in [0.717, 1.165) is 0 Å². The SMILES string of the molecule is CCP(=O)(CC)OCC#N. The summed E-state index contributed by atoms with van der Waals surface area (Å²) in [6.07, 6.45) is 1.04. The van der Waals surface area contributed by atoms with Gasteiger partial charge in [-0.3, -0.25) is 4.57 Å². The third kappa shape index (κ3) is 3.00. The molecule has 0 aromatic heterocycles. The van der Waals surface area contributed by atoms with Crippen LogP contribution in [0.3, 0.4) is 0 Å². The summed E-state index contributed by atoms with van der Waals surface area (Å²) in [5.41, 5.74) is 0. The largest absolute Gasteiger partial charge is 0.313 e. The van der Waals surface area contributed by atoms with Crippen LogP contribution in [-0.4, -0.2) is 18.9 Å². The summed E-state index contributed by atoms with van der Waals surface area (Å²) < 4.78 is 16.2. The number of rotatable bonds is 4. The molecule has 10 heavy (non-hydrogen) atoms. The van der Waals surface area contributed by atoms with E-state index in [0.29, 0.717) is 12.3 Å². The Hall–Kier alpha value is -0.320. The molecule has 0 heterocycles. The predicted octanol–water partition coefficient (Wildman–Crippen LogP) is 1.84. The molecule has 0 N–H and O–H groups in total. The van der Waals surface area contributed by atoms with Crippen molar-refractivity contribution in [1.29, 1.82) is 5.26 Å². The molecular weight excluding hydrogens is 149 g/mol. The fourth-order valence-corrected chi connectivity index (χ4v) is 1.66. The Bertz CT molecular complexity index is 165. The van der Waals surface area contributed by atoms with E-state index in [2.05, 4.69) is 0 Å². The molecule has 0 fully saturated rings.